The highest BCUT2D eigenvalue weighted by molar-refractivity contribution is 6.04. The van der Waals surface area contributed by atoms with Crippen molar-refractivity contribution in [2.75, 3.05) is 28.7 Å². The number of nitrogens with one attached hydrogen (secondary N) is 2. The number of esters is 1. The van der Waals surface area contributed by atoms with Gasteiger partial charge in [-0.2, -0.15) is 0 Å². The van der Waals surface area contributed by atoms with Gasteiger partial charge < -0.3 is 20.3 Å². The molecule has 0 saturated carbocycles. The summed E-state index contributed by atoms with van der Waals surface area (Å²) >= 11 is 0. The number of ether oxygens (including phenoxy) is 1. The Hall–Kier alpha value is -3.68. The largest absolute Gasteiger partial charge is 0.462 e. The van der Waals surface area contributed by atoms with Gasteiger partial charge in [-0.1, -0.05) is 6.07 Å². The lowest BCUT2D eigenvalue weighted by Crippen LogP contribution is -2.28. The zero-order valence-corrected chi connectivity index (χ0v) is 16.8. The van der Waals surface area contributed by atoms with Crippen molar-refractivity contribution in [2.24, 2.45) is 5.92 Å². The van der Waals surface area contributed by atoms with Gasteiger partial charge in [0.25, 0.3) is 0 Å². The Morgan fingerprint density at radius 1 is 1.07 bits per heavy atom. The molecule has 1 atom stereocenters. The van der Waals surface area contributed by atoms with Crippen LogP contribution in [0.3, 0.4) is 0 Å². The first-order valence-corrected chi connectivity index (χ1v) is 9.63. The average molecular weight is 409 g/mol. The fourth-order valence-corrected chi connectivity index (χ4v) is 3.24. The van der Waals surface area contributed by atoms with Crippen LogP contribution in [0.2, 0.25) is 0 Å². The first-order valence-electron chi connectivity index (χ1n) is 9.63. The van der Waals surface area contributed by atoms with Crippen molar-refractivity contribution in [2.45, 2.75) is 20.3 Å². The van der Waals surface area contributed by atoms with Crippen LogP contribution in [0.4, 0.5) is 17.1 Å². The van der Waals surface area contributed by atoms with Crippen LogP contribution in [-0.2, 0) is 19.1 Å². The number of carbonyl (C=O) groups excluding carboxylic acids is 4. The molecule has 2 aromatic carbocycles. The van der Waals surface area contributed by atoms with E-state index in [1.807, 2.05) is 0 Å². The monoisotopic (exact) mass is 409 g/mol. The van der Waals surface area contributed by atoms with E-state index in [1.54, 1.807) is 60.4 Å². The van der Waals surface area contributed by atoms with E-state index >= 15 is 0 Å². The third-order valence-electron chi connectivity index (χ3n) is 4.64. The molecule has 30 heavy (non-hydrogen) atoms. The molecular formula is C22H23N3O5. The van der Waals surface area contributed by atoms with E-state index in [-0.39, 0.29) is 37.3 Å². The van der Waals surface area contributed by atoms with Gasteiger partial charge in [-0.25, -0.2) is 4.79 Å². The number of anilines is 3. The molecule has 0 radical (unpaired) electrons. The van der Waals surface area contributed by atoms with E-state index in [2.05, 4.69) is 10.6 Å². The van der Waals surface area contributed by atoms with Crippen LogP contribution in [-0.4, -0.2) is 36.8 Å². The maximum absolute atomic E-state index is 12.6. The summed E-state index contributed by atoms with van der Waals surface area (Å²) in [5.74, 6) is -1.56. The van der Waals surface area contributed by atoms with Gasteiger partial charge in [-0.15, -0.1) is 0 Å². The predicted octanol–water partition coefficient (Wildman–Crippen LogP) is 2.81. The number of benzene rings is 2. The first-order chi connectivity index (χ1) is 14.4. The molecule has 0 aliphatic carbocycles. The Morgan fingerprint density at radius 3 is 2.47 bits per heavy atom. The van der Waals surface area contributed by atoms with Crippen molar-refractivity contribution in [1.82, 2.24) is 0 Å². The Balaban J connectivity index is 1.64. The van der Waals surface area contributed by atoms with Gasteiger partial charge in [0.15, 0.2) is 0 Å². The highest BCUT2D eigenvalue weighted by atomic mass is 16.5. The molecule has 156 valence electrons. The van der Waals surface area contributed by atoms with Crippen molar-refractivity contribution < 1.29 is 23.9 Å². The highest BCUT2D eigenvalue weighted by Gasteiger charge is 2.35. The van der Waals surface area contributed by atoms with E-state index in [9.17, 15) is 19.2 Å². The molecule has 3 amide bonds. The Kier molecular flexibility index (Phi) is 6.46. The Bertz CT molecular complexity index is 971. The van der Waals surface area contributed by atoms with Crippen LogP contribution in [0.25, 0.3) is 0 Å². The molecule has 0 spiro atoms. The van der Waals surface area contributed by atoms with Crippen molar-refractivity contribution in [3.63, 3.8) is 0 Å². The van der Waals surface area contributed by atoms with Crippen LogP contribution in [0, 0.1) is 5.92 Å². The number of carbonyl (C=O) groups is 4. The van der Waals surface area contributed by atoms with Gasteiger partial charge in [0.2, 0.25) is 17.7 Å². The lowest BCUT2D eigenvalue weighted by atomic mass is 10.1. The topological polar surface area (TPSA) is 105 Å². The molecule has 1 aliphatic heterocycles. The maximum Gasteiger partial charge on any atom is 0.338 e. The third-order valence-corrected chi connectivity index (χ3v) is 4.64. The van der Waals surface area contributed by atoms with Crippen LogP contribution >= 0.6 is 0 Å². The van der Waals surface area contributed by atoms with Crippen LogP contribution < -0.4 is 15.5 Å². The minimum atomic E-state index is -0.508. The van der Waals surface area contributed by atoms with E-state index < -0.39 is 11.9 Å². The Labute approximate surface area is 174 Å². The first kappa shape index (κ1) is 21.0. The normalized spacial score (nSPS) is 15.6. The highest BCUT2D eigenvalue weighted by Crippen LogP contribution is 2.28. The molecule has 1 saturated heterocycles. The van der Waals surface area contributed by atoms with Crippen molar-refractivity contribution >= 4 is 40.8 Å². The molecule has 0 bridgehead atoms. The van der Waals surface area contributed by atoms with Crippen LogP contribution in [0.1, 0.15) is 30.6 Å². The summed E-state index contributed by atoms with van der Waals surface area (Å²) in [6, 6.07) is 13.3. The molecule has 2 N–H and O–H groups in total. The van der Waals surface area contributed by atoms with E-state index in [0.717, 1.165) is 0 Å². The fraction of sp³-hybridized carbons (Fsp3) is 0.273. The third kappa shape index (κ3) is 5.02. The zero-order valence-electron chi connectivity index (χ0n) is 16.8. The predicted molar refractivity (Wildman–Crippen MR) is 112 cm³/mol. The molecular weight excluding hydrogens is 386 g/mol. The average Bonchev–Trinajstić information content (AvgIpc) is 3.10. The van der Waals surface area contributed by atoms with Crippen molar-refractivity contribution in [3.05, 3.63) is 54.1 Å². The SMILES string of the molecule is CCOC(=O)c1ccc(NC(=O)[C@@H]2CC(=O)N(c3cccc(NC(C)=O)c3)C2)cc1. The van der Waals surface area contributed by atoms with Crippen LogP contribution in [0.15, 0.2) is 48.5 Å². The molecule has 0 unspecified atom stereocenters. The number of nitrogens with zero attached hydrogens (tertiary/aromatic N) is 1. The van der Waals surface area contributed by atoms with Gasteiger partial charge >= 0.3 is 5.97 Å². The zero-order chi connectivity index (χ0) is 21.7. The molecule has 8 heteroatoms. The second-order valence-corrected chi connectivity index (χ2v) is 6.92. The molecule has 0 aromatic heterocycles. The van der Waals surface area contributed by atoms with Gasteiger partial charge in [0, 0.05) is 37.0 Å². The number of hydrogen-bond acceptors (Lipinski definition) is 5. The van der Waals surface area contributed by atoms with Crippen LogP contribution in [0.5, 0.6) is 0 Å². The molecule has 2 aromatic rings. The summed E-state index contributed by atoms with van der Waals surface area (Å²) in [5, 5.41) is 5.47. The molecule has 8 nitrogen and oxygen atoms in total. The van der Waals surface area contributed by atoms with Crippen molar-refractivity contribution in [3.8, 4) is 0 Å². The number of amides is 3. The van der Waals surface area contributed by atoms with Gasteiger partial charge in [-0.05, 0) is 49.4 Å². The molecule has 1 fully saturated rings. The summed E-state index contributed by atoms with van der Waals surface area (Å²) in [7, 11) is 0. The summed E-state index contributed by atoms with van der Waals surface area (Å²) in [6.45, 7) is 3.68. The summed E-state index contributed by atoms with van der Waals surface area (Å²) in [6.07, 6.45) is 0.0944. The number of hydrogen-bond donors (Lipinski definition) is 2. The maximum atomic E-state index is 12.6. The van der Waals surface area contributed by atoms with E-state index in [1.165, 1.54) is 6.92 Å². The summed E-state index contributed by atoms with van der Waals surface area (Å²) in [5.41, 5.74) is 2.14. The molecule has 1 heterocycles. The minimum Gasteiger partial charge on any atom is -0.462 e. The van der Waals surface area contributed by atoms with E-state index in [0.29, 0.717) is 22.6 Å². The molecule has 1 aliphatic rings. The van der Waals surface area contributed by atoms with Gasteiger partial charge in [-0.3, -0.25) is 14.4 Å². The smallest absolute Gasteiger partial charge is 0.338 e. The summed E-state index contributed by atoms with van der Waals surface area (Å²) < 4.78 is 4.93. The molecule has 3 rings (SSSR count). The van der Waals surface area contributed by atoms with Gasteiger partial charge in [0.1, 0.15) is 0 Å². The quantitative estimate of drug-likeness (QED) is 0.714. The Morgan fingerprint density at radius 2 is 1.80 bits per heavy atom. The summed E-state index contributed by atoms with van der Waals surface area (Å²) in [4.78, 5) is 49.6. The number of rotatable bonds is 6. The second kappa shape index (κ2) is 9.21. The second-order valence-electron chi connectivity index (χ2n) is 6.92. The fourth-order valence-electron chi connectivity index (χ4n) is 3.24. The minimum absolute atomic E-state index is 0.0944. The van der Waals surface area contributed by atoms with Crippen molar-refractivity contribution in [1.29, 1.82) is 0 Å². The lowest BCUT2D eigenvalue weighted by Gasteiger charge is -2.18. The van der Waals surface area contributed by atoms with Gasteiger partial charge in [0.05, 0.1) is 18.1 Å². The lowest BCUT2D eigenvalue weighted by molar-refractivity contribution is -0.122. The van der Waals surface area contributed by atoms with E-state index in [4.69, 9.17) is 4.74 Å². The standard InChI is InChI=1S/C22H23N3O5/c1-3-30-22(29)15-7-9-17(10-8-15)24-21(28)16-11-20(27)25(13-16)19-6-4-5-18(12-19)23-14(2)26/h4-10,12,16H,3,11,13H2,1-2H3,(H,23,26)(H,24,28)/t16-/m1/s1.